The van der Waals surface area contributed by atoms with Crippen molar-refractivity contribution in [2.75, 3.05) is 19.6 Å². The monoisotopic (exact) mass is 490 g/mol. The number of aromatic nitrogens is 1. The van der Waals surface area contributed by atoms with Crippen LogP contribution in [-0.2, 0) is 4.79 Å². The molecule has 1 amide bonds. The van der Waals surface area contributed by atoms with E-state index in [2.05, 4.69) is 91.9 Å². The minimum Gasteiger partial charge on any atom is -0.335 e. The molecule has 164 valence electrons. The number of H-pyrrole nitrogens is 1. The highest BCUT2D eigenvalue weighted by Crippen LogP contribution is 2.42. The van der Waals surface area contributed by atoms with Gasteiger partial charge in [0.25, 0.3) is 0 Å². The first-order chi connectivity index (χ1) is 15.7. The molecular formula is C27H29BrN3O+. The molecule has 2 aliphatic rings. The lowest BCUT2D eigenvalue weighted by molar-refractivity contribution is -0.378. The predicted molar refractivity (Wildman–Crippen MR) is 129 cm³/mol. The maximum atomic E-state index is 14.0. The molecule has 4 atom stereocenters. The fourth-order valence-electron chi connectivity index (χ4n) is 5.44. The van der Waals surface area contributed by atoms with Gasteiger partial charge < -0.3 is 10.2 Å². The average molecular weight is 491 g/mol. The number of aromatic amines is 1. The van der Waals surface area contributed by atoms with E-state index in [9.17, 15) is 4.79 Å². The second kappa shape index (κ2) is 9.55. The molecule has 1 aromatic heterocycles. The van der Waals surface area contributed by atoms with Crippen LogP contribution in [0.3, 0.4) is 0 Å². The minimum absolute atomic E-state index is 0.0403. The third kappa shape index (κ3) is 4.24. The van der Waals surface area contributed by atoms with E-state index < -0.39 is 0 Å². The lowest BCUT2D eigenvalue weighted by atomic mass is 9.81. The molecule has 0 spiro atoms. The van der Waals surface area contributed by atoms with Crippen molar-refractivity contribution >= 4 is 21.8 Å². The van der Waals surface area contributed by atoms with Gasteiger partial charge in [-0.2, -0.15) is 0 Å². The number of halogens is 1. The topological polar surface area (TPSA) is 46.5 Å². The van der Waals surface area contributed by atoms with Crippen LogP contribution in [0, 0.1) is 5.92 Å². The lowest BCUT2D eigenvalue weighted by Crippen LogP contribution is -2.45. The van der Waals surface area contributed by atoms with Crippen LogP contribution in [0.25, 0.3) is 0 Å². The summed E-state index contributed by atoms with van der Waals surface area (Å²) < 4.78 is 1.09. The van der Waals surface area contributed by atoms with Crippen LogP contribution in [0.4, 0.5) is 0 Å². The summed E-state index contributed by atoms with van der Waals surface area (Å²) in [5, 5.41) is 3.48. The van der Waals surface area contributed by atoms with Gasteiger partial charge in [-0.3, -0.25) is 4.79 Å². The second-order valence-electron chi connectivity index (χ2n) is 8.91. The summed E-state index contributed by atoms with van der Waals surface area (Å²) in [5.74, 6) is 0.877. The smallest absolute Gasteiger partial charge is 0.228 e. The molecule has 2 aliphatic heterocycles. The molecule has 4 nitrogen and oxygen atoms in total. The van der Waals surface area contributed by atoms with E-state index in [4.69, 9.17) is 0 Å². The maximum Gasteiger partial charge on any atom is 0.228 e. The first kappa shape index (κ1) is 21.4. The Morgan fingerprint density at radius 3 is 2.53 bits per heavy atom. The van der Waals surface area contributed by atoms with E-state index in [1.807, 2.05) is 18.3 Å². The molecule has 3 heterocycles. The van der Waals surface area contributed by atoms with Crippen LogP contribution >= 0.6 is 15.9 Å². The second-order valence-corrected chi connectivity index (χ2v) is 9.76. The van der Waals surface area contributed by atoms with Crippen molar-refractivity contribution in [1.82, 2.24) is 10.2 Å². The molecule has 0 radical (unpaired) electrons. The number of hydrogen-bond donors (Lipinski definition) is 1. The number of pyridine rings is 1. The van der Waals surface area contributed by atoms with Gasteiger partial charge in [-0.15, -0.1) is 0 Å². The molecular weight excluding hydrogens is 462 g/mol. The van der Waals surface area contributed by atoms with Crippen molar-refractivity contribution < 1.29 is 9.78 Å². The molecule has 2 fully saturated rings. The Hall–Kier alpha value is -2.50. The van der Waals surface area contributed by atoms with Crippen molar-refractivity contribution in [3.63, 3.8) is 0 Å². The zero-order valence-electron chi connectivity index (χ0n) is 18.1. The van der Waals surface area contributed by atoms with Crippen molar-refractivity contribution in [3.05, 3.63) is 100 Å². The molecule has 0 saturated carbocycles. The summed E-state index contributed by atoms with van der Waals surface area (Å²) in [5.41, 5.74) is 3.78. The SMILES string of the molecule is O=C([C@@H]1CNC[C@H]1c1ccccc1Br)N1CC[C@H](c2ccc[nH+]c2)C[C@@H]1c1ccccc1. The fourth-order valence-corrected chi connectivity index (χ4v) is 6.02. The first-order valence-electron chi connectivity index (χ1n) is 11.5. The fraction of sp³-hybridized carbons (Fsp3) is 0.333. The summed E-state index contributed by atoms with van der Waals surface area (Å²) in [7, 11) is 0. The standard InChI is InChI=1S/C27H28BrN3O/c28-25-11-5-4-10-22(25)23-17-30-18-24(23)27(32)31-14-12-20(21-9-6-13-29-16-21)15-26(31)19-7-2-1-3-8-19/h1-11,13,16,20,23-24,26,30H,12,14-15,17-18H2/p+1/t20-,23-,24+,26+/m0/s1. The predicted octanol–water partition coefficient (Wildman–Crippen LogP) is 4.71. The number of piperidine rings is 1. The van der Waals surface area contributed by atoms with Gasteiger partial charge in [-0.25, -0.2) is 4.98 Å². The van der Waals surface area contributed by atoms with Crippen LogP contribution in [0.1, 0.15) is 47.4 Å². The third-order valence-electron chi connectivity index (χ3n) is 7.11. The van der Waals surface area contributed by atoms with E-state index in [-0.39, 0.29) is 23.8 Å². The van der Waals surface area contributed by atoms with Crippen molar-refractivity contribution in [3.8, 4) is 0 Å². The highest BCUT2D eigenvalue weighted by atomic mass is 79.9. The average Bonchev–Trinajstić information content (AvgIpc) is 3.34. The number of hydrogen-bond acceptors (Lipinski definition) is 2. The zero-order valence-corrected chi connectivity index (χ0v) is 19.7. The summed E-state index contributed by atoms with van der Waals surface area (Å²) >= 11 is 3.71. The van der Waals surface area contributed by atoms with E-state index in [1.54, 1.807) is 0 Å². The van der Waals surface area contributed by atoms with Crippen LogP contribution in [-0.4, -0.2) is 30.4 Å². The number of likely N-dealkylation sites (tertiary alicyclic amines) is 1. The third-order valence-corrected chi connectivity index (χ3v) is 7.83. The van der Waals surface area contributed by atoms with Gasteiger partial charge in [0.15, 0.2) is 12.4 Å². The Bertz CT molecular complexity index is 1060. The van der Waals surface area contributed by atoms with Crippen LogP contribution in [0.2, 0.25) is 0 Å². The van der Waals surface area contributed by atoms with Crippen molar-refractivity contribution in [2.24, 2.45) is 5.92 Å². The van der Waals surface area contributed by atoms with E-state index in [0.29, 0.717) is 5.92 Å². The highest BCUT2D eigenvalue weighted by Gasteiger charge is 2.41. The van der Waals surface area contributed by atoms with Gasteiger partial charge in [0.2, 0.25) is 5.91 Å². The Morgan fingerprint density at radius 2 is 1.75 bits per heavy atom. The Morgan fingerprint density at radius 1 is 0.969 bits per heavy atom. The molecule has 32 heavy (non-hydrogen) atoms. The minimum atomic E-state index is -0.0403. The Kier molecular flexibility index (Phi) is 6.37. The largest absolute Gasteiger partial charge is 0.335 e. The zero-order chi connectivity index (χ0) is 21.9. The molecule has 3 aromatic rings. The normalized spacial score (nSPS) is 25.6. The van der Waals surface area contributed by atoms with E-state index in [0.717, 1.165) is 36.9 Å². The quantitative estimate of drug-likeness (QED) is 0.575. The maximum absolute atomic E-state index is 14.0. The van der Waals surface area contributed by atoms with Gasteiger partial charge >= 0.3 is 0 Å². The van der Waals surface area contributed by atoms with E-state index >= 15 is 0 Å². The number of carbonyl (C=O) groups is 1. The van der Waals surface area contributed by atoms with Gasteiger partial charge in [-0.05, 0) is 42.0 Å². The molecule has 0 unspecified atom stereocenters. The van der Waals surface area contributed by atoms with Crippen LogP contribution < -0.4 is 10.3 Å². The number of amides is 1. The summed E-state index contributed by atoms with van der Waals surface area (Å²) in [6.07, 6.45) is 6.00. The molecule has 0 aliphatic carbocycles. The number of nitrogens with one attached hydrogen (secondary N) is 2. The highest BCUT2D eigenvalue weighted by molar-refractivity contribution is 9.10. The molecule has 0 bridgehead atoms. The van der Waals surface area contributed by atoms with Gasteiger partial charge in [0.1, 0.15) is 0 Å². The van der Waals surface area contributed by atoms with Crippen LogP contribution in [0.15, 0.2) is 83.6 Å². The lowest BCUT2D eigenvalue weighted by Gasteiger charge is -2.41. The summed E-state index contributed by atoms with van der Waals surface area (Å²) in [6.45, 7) is 2.36. The van der Waals surface area contributed by atoms with Gasteiger partial charge in [0.05, 0.1) is 12.0 Å². The van der Waals surface area contributed by atoms with Crippen molar-refractivity contribution in [1.29, 1.82) is 0 Å². The molecule has 2 saturated heterocycles. The Labute approximate surface area is 198 Å². The number of carbonyl (C=O) groups excluding carboxylic acids is 1. The first-order valence-corrected chi connectivity index (χ1v) is 12.3. The Balaban J connectivity index is 1.43. The van der Waals surface area contributed by atoms with Crippen LogP contribution in [0.5, 0.6) is 0 Å². The van der Waals surface area contributed by atoms with Crippen molar-refractivity contribution in [2.45, 2.75) is 30.7 Å². The molecule has 5 rings (SSSR count). The number of nitrogens with zero attached hydrogens (tertiary/aromatic N) is 1. The molecule has 2 aromatic carbocycles. The number of benzene rings is 2. The summed E-state index contributed by atoms with van der Waals surface area (Å²) in [6, 6.07) is 23.2. The summed E-state index contributed by atoms with van der Waals surface area (Å²) in [4.78, 5) is 19.4. The van der Waals surface area contributed by atoms with Gasteiger partial charge in [0, 0.05) is 41.7 Å². The van der Waals surface area contributed by atoms with Gasteiger partial charge in [-0.1, -0.05) is 64.5 Å². The molecule has 2 N–H and O–H groups in total. The van der Waals surface area contributed by atoms with E-state index in [1.165, 1.54) is 16.7 Å². The number of rotatable bonds is 4. The molecule has 5 heteroatoms.